The quantitative estimate of drug-likeness (QED) is 0.846. The second-order valence-electron chi connectivity index (χ2n) is 4.53. The lowest BCUT2D eigenvalue weighted by Gasteiger charge is -2.46. The molecule has 1 saturated heterocycles. The highest BCUT2D eigenvalue weighted by Gasteiger charge is 2.43. The molecule has 1 aliphatic heterocycles. The van der Waals surface area contributed by atoms with Crippen molar-refractivity contribution in [2.45, 2.75) is 32.3 Å². The van der Waals surface area contributed by atoms with Gasteiger partial charge in [0.25, 0.3) is 5.91 Å². The Labute approximate surface area is 94.9 Å². The fourth-order valence-corrected chi connectivity index (χ4v) is 2.21. The number of β-amino-alcohol motifs (C(OH)–C–C–N with tert-alkyl or cyclic N) is 1. The number of carbonyl (C=O) groups excluding carboxylic acids is 1. The number of aliphatic hydroxyl groups is 1. The van der Waals surface area contributed by atoms with Crippen molar-refractivity contribution in [1.82, 2.24) is 4.90 Å². The summed E-state index contributed by atoms with van der Waals surface area (Å²) in [5.41, 5.74) is -0.0688. The summed E-state index contributed by atoms with van der Waals surface area (Å²) < 4.78 is 5.09. The number of hydrogen-bond donors (Lipinski definition) is 1. The Hall–Kier alpha value is -1.29. The van der Waals surface area contributed by atoms with Crippen LogP contribution in [-0.2, 0) is 0 Å². The highest BCUT2D eigenvalue weighted by atomic mass is 16.3. The fraction of sp³-hybridized carbons (Fsp3) is 0.583. The molecule has 0 spiro atoms. The van der Waals surface area contributed by atoms with Crippen molar-refractivity contribution in [2.24, 2.45) is 0 Å². The first-order valence-electron chi connectivity index (χ1n) is 5.61. The van der Waals surface area contributed by atoms with Crippen LogP contribution < -0.4 is 0 Å². The lowest BCUT2D eigenvalue weighted by Crippen LogP contribution is -2.63. The molecule has 1 N–H and O–H groups in total. The second kappa shape index (κ2) is 3.94. The summed E-state index contributed by atoms with van der Waals surface area (Å²) in [5, 5.41) is 9.98. The Balaban J connectivity index is 1.98. The van der Waals surface area contributed by atoms with Crippen LogP contribution in [0, 0.1) is 6.92 Å². The Bertz CT molecular complexity index is 391. The molecule has 4 nitrogen and oxygen atoms in total. The van der Waals surface area contributed by atoms with E-state index in [2.05, 4.69) is 0 Å². The van der Waals surface area contributed by atoms with Gasteiger partial charge in [-0.15, -0.1) is 0 Å². The fourth-order valence-electron chi connectivity index (χ4n) is 2.21. The predicted molar refractivity (Wildman–Crippen MR) is 59.2 cm³/mol. The second-order valence-corrected chi connectivity index (χ2v) is 4.53. The van der Waals surface area contributed by atoms with Gasteiger partial charge < -0.3 is 14.4 Å². The zero-order valence-electron chi connectivity index (χ0n) is 9.69. The van der Waals surface area contributed by atoms with E-state index in [-0.39, 0.29) is 5.91 Å². The molecule has 2 heterocycles. The van der Waals surface area contributed by atoms with Crippen LogP contribution in [0.2, 0.25) is 0 Å². The normalized spacial score (nSPS) is 18.3. The van der Waals surface area contributed by atoms with Crippen molar-refractivity contribution in [1.29, 1.82) is 0 Å². The molecule has 0 bridgehead atoms. The zero-order valence-corrected chi connectivity index (χ0v) is 9.69. The van der Waals surface area contributed by atoms with Gasteiger partial charge in [-0.1, -0.05) is 13.3 Å². The molecule has 0 unspecified atom stereocenters. The van der Waals surface area contributed by atoms with E-state index >= 15 is 0 Å². The van der Waals surface area contributed by atoms with Crippen LogP contribution in [0.15, 0.2) is 16.7 Å². The smallest absolute Gasteiger partial charge is 0.257 e. The minimum absolute atomic E-state index is 0.0490. The Morgan fingerprint density at radius 1 is 1.62 bits per heavy atom. The van der Waals surface area contributed by atoms with Crippen molar-refractivity contribution in [3.8, 4) is 0 Å². The number of carbonyl (C=O) groups is 1. The van der Waals surface area contributed by atoms with E-state index in [1.54, 1.807) is 17.9 Å². The number of aryl methyl sites for hydroxylation is 1. The van der Waals surface area contributed by atoms with Gasteiger partial charge in [-0.2, -0.15) is 0 Å². The van der Waals surface area contributed by atoms with Gasteiger partial charge >= 0.3 is 0 Å². The van der Waals surface area contributed by atoms with E-state index in [0.717, 1.165) is 12.8 Å². The molecule has 0 aromatic carbocycles. The van der Waals surface area contributed by atoms with Crippen molar-refractivity contribution < 1.29 is 14.3 Å². The third-order valence-electron chi connectivity index (χ3n) is 3.06. The lowest BCUT2D eigenvalue weighted by molar-refractivity contribution is -0.0860. The summed E-state index contributed by atoms with van der Waals surface area (Å²) >= 11 is 0. The Morgan fingerprint density at radius 2 is 2.31 bits per heavy atom. The third-order valence-corrected chi connectivity index (χ3v) is 3.06. The summed E-state index contributed by atoms with van der Waals surface area (Å²) in [4.78, 5) is 13.6. The lowest BCUT2D eigenvalue weighted by atomic mass is 9.89. The van der Waals surface area contributed by atoms with Crippen LogP contribution in [0.25, 0.3) is 0 Å². The standard InChI is InChI=1S/C12H17NO3/c1-3-5-12(15)7-13(8-12)11(14)10-4-6-16-9(10)2/h4,6,15H,3,5,7-8H2,1-2H3. The van der Waals surface area contributed by atoms with E-state index in [1.807, 2.05) is 6.92 Å². The summed E-state index contributed by atoms with van der Waals surface area (Å²) in [6.45, 7) is 4.67. The average molecular weight is 223 g/mol. The van der Waals surface area contributed by atoms with E-state index in [9.17, 15) is 9.90 Å². The van der Waals surface area contributed by atoms with Crippen molar-refractivity contribution >= 4 is 5.91 Å². The minimum Gasteiger partial charge on any atom is -0.469 e. The molecule has 16 heavy (non-hydrogen) atoms. The van der Waals surface area contributed by atoms with Crippen LogP contribution in [0.5, 0.6) is 0 Å². The monoisotopic (exact) mass is 223 g/mol. The number of nitrogens with zero attached hydrogens (tertiary/aromatic N) is 1. The molecule has 88 valence electrons. The first kappa shape index (κ1) is 11.2. The maximum atomic E-state index is 12.0. The van der Waals surface area contributed by atoms with Crippen LogP contribution >= 0.6 is 0 Å². The van der Waals surface area contributed by atoms with Crippen LogP contribution in [-0.4, -0.2) is 34.6 Å². The summed E-state index contributed by atoms with van der Waals surface area (Å²) in [6, 6.07) is 1.68. The molecule has 0 aliphatic carbocycles. The summed E-state index contributed by atoms with van der Waals surface area (Å²) in [5.74, 6) is 0.586. The molecule has 0 atom stereocenters. The topological polar surface area (TPSA) is 53.7 Å². The SMILES string of the molecule is CCCC1(O)CN(C(=O)c2ccoc2C)C1. The first-order valence-corrected chi connectivity index (χ1v) is 5.61. The third kappa shape index (κ3) is 1.85. The van der Waals surface area contributed by atoms with Crippen molar-refractivity contribution in [2.75, 3.05) is 13.1 Å². The molecule has 1 aromatic heterocycles. The maximum Gasteiger partial charge on any atom is 0.257 e. The molecule has 4 heteroatoms. The highest BCUT2D eigenvalue weighted by molar-refractivity contribution is 5.95. The van der Waals surface area contributed by atoms with Gasteiger partial charge in [0.1, 0.15) is 5.76 Å². The Morgan fingerprint density at radius 3 is 2.81 bits per heavy atom. The molecule has 1 aliphatic rings. The number of rotatable bonds is 3. The van der Waals surface area contributed by atoms with Crippen LogP contribution in [0.4, 0.5) is 0 Å². The maximum absolute atomic E-state index is 12.0. The molecule has 2 rings (SSSR count). The van der Waals surface area contributed by atoms with Crippen molar-refractivity contribution in [3.05, 3.63) is 23.7 Å². The number of likely N-dealkylation sites (tertiary alicyclic amines) is 1. The first-order chi connectivity index (χ1) is 7.56. The van der Waals surface area contributed by atoms with Gasteiger partial charge in [-0.3, -0.25) is 4.79 Å². The van der Waals surface area contributed by atoms with Crippen molar-refractivity contribution in [3.63, 3.8) is 0 Å². The molecule has 0 saturated carbocycles. The van der Waals surface area contributed by atoms with Gasteiger partial charge in [0.05, 0.1) is 30.5 Å². The zero-order chi connectivity index (χ0) is 11.8. The predicted octanol–water partition coefficient (Wildman–Crippen LogP) is 1.58. The van der Waals surface area contributed by atoms with E-state index in [1.165, 1.54) is 6.26 Å². The minimum atomic E-state index is -0.665. The largest absolute Gasteiger partial charge is 0.469 e. The summed E-state index contributed by atoms with van der Waals surface area (Å²) in [7, 11) is 0. The average Bonchev–Trinajstić information content (AvgIpc) is 2.60. The Kier molecular flexibility index (Phi) is 2.76. The van der Waals surface area contributed by atoms with E-state index in [4.69, 9.17) is 4.42 Å². The van der Waals surface area contributed by atoms with E-state index < -0.39 is 5.60 Å². The van der Waals surface area contributed by atoms with E-state index in [0.29, 0.717) is 24.4 Å². The molecular formula is C12H17NO3. The molecule has 0 radical (unpaired) electrons. The number of furan rings is 1. The van der Waals surface area contributed by atoms with Crippen LogP contribution in [0.3, 0.4) is 0 Å². The van der Waals surface area contributed by atoms with Gasteiger partial charge in [-0.05, 0) is 19.4 Å². The summed E-state index contributed by atoms with van der Waals surface area (Å²) in [6.07, 6.45) is 3.20. The number of hydrogen-bond acceptors (Lipinski definition) is 3. The molecule has 1 aromatic rings. The highest BCUT2D eigenvalue weighted by Crippen LogP contribution is 2.27. The van der Waals surface area contributed by atoms with Gasteiger partial charge in [-0.25, -0.2) is 0 Å². The molecular weight excluding hydrogens is 206 g/mol. The molecule has 1 fully saturated rings. The van der Waals surface area contributed by atoms with Crippen LogP contribution in [0.1, 0.15) is 35.9 Å². The van der Waals surface area contributed by atoms with Gasteiger partial charge in [0, 0.05) is 0 Å². The van der Waals surface area contributed by atoms with Gasteiger partial charge in [0.15, 0.2) is 0 Å². The van der Waals surface area contributed by atoms with Gasteiger partial charge in [0.2, 0.25) is 0 Å². The molecule has 1 amide bonds. The number of amides is 1.